The van der Waals surface area contributed by atoms with Crippen LogP contribution in [0, 0.1) is 11.3 Å². The molecule has 2 atom stereocenters. The molecule has 1 saturated heterocycles. The average Bonchev–Trinajstić information content (AvgIpc) is 3.11. The topological polar surface area (TPSA) is 86.1 Å². The third kappa shape index (κ3) is 5.87. The van der Waals surface area contributed by atoms with Crippen molar-refractivity contribution in [3.05, 3.63) is 65.0 Å². The van der Waals surface area contributed by atoms with Crippen LogP contribution in [0.1, 0.15) is 46.3 Å². The van der Waals surface area contributed by atoms with Crippen molar-refractivity contribution in [2.24, 2.45) is 0 Å². The third-order valence-electron chi connectivity index (χ3n) is 5.62. The second kappa shape index (κ2) is 9.75. The molecule has 1 aromatic carbocycles. The monoisotopic (exact) mass is 480 g/mol. The van der Waals surface area contributed by atoms with Crippen LogP contribution in [0.15, 0.2) is 42.7 Å². The summed E-state index contributed by atoms with van der Waals surface area (Å²) in [6.07, 6.45) is -2.09. The van der Waals surface area contributed by atoms with E-state index in [4.69, 9.17) is 5.26 Å². The summed E-state index contributed by atoms with van der Waals surface area (Å²) < 4.78 is 65.5. The minimum absolute atomic E-state index is 0.199. The number of carbonyl (C=O) groups excluding carboxylic acids is 2. The van der Waals surface area contributed by atoms with Crippen LogP contribution < -0.4 is 5.32 Å². The van der Waals surface area contributed by atoms with Gasteiger partial charge in [-0.05, 0) is 41.7 Å². The van der Waals surface area contributed by atoms with Crippen molar-refractivity contribution in [2.45, 2.75) is 43.8 Å². The highest BCUT2D eigenvalue weighted by atomic mass is 19.4. The van der Waals surface area contributed by atoms with Crippen LogP contribution in [-0.2, 0) is 17.4 Å². The van der Waals surface area contributed by atoms with Crippen LogP contribution >= 0.6 is 0 Å². The van der Waals surface area contributed by atoms with E-state index in [0.717, 1.165) is 17.0 Å². The number of pyridine rings is 1. The van der Waals surface area contributed by atoms with Crippen molar-refractivity contribution in [1.82, 2.24) is 15.2 Å². The maximum atomic E-state index is 13.6. The summed E-state index contributed by atoms with van der Waals surface area (Å²) in [5, 5.41) is 11.4. The van der Waals surface area contributed by atoms with Gasteiger partial charge in [0.15, 0.2) is 0 Å². The lowest BCUT2D eigenvalue weighted by atomic mass is 9.91. The maximum absolute atomic E-state index is 13.6. The van der Waals surface area contributed by atoms with Crippen molar-refractivity contribution in [3.63, 3.8) is 0 Å². The molecule has 1 aliphatic rings. The van der Waals surface area contributed by atoms with E-state index in [1.54, 1.807) is 13.0 Å². The fraction of sp³-hybridized carbons (Fsp3) is 0.391. The number of carbonyl (C=O) groups is 2. The largest absolute Gasteiger partial charge is 0.416 e. The Morgan fingerprint density at radius 2 is 1.94 bits per heavy atom. The highest BCUT2D eigenvalue weighted by molar-refractivity contribution is 5.97. The van der Waals surface area contributed by atoms with Gasteiger partial charge in [-0.1, -0.05) is 19.1 Å². The molecule has 34 heavy (non-hydrogen) atoms. The summed E-state index contributed by atoms with van der Waals surface area (Å²) in [5.41, 5.74) is 0.576. The first-order valence-electron chi connectivity index (χ1n) is 10.4. The molecule has 0 bridgehead atoms. The molecule has 2 heterocycles. The Hall–Kier alpha value is -3.55. The zero-order chi connectivity index (χ0) is 25.1. The van der Waals surface area contributed by atoms with Crippen molar-refractivity contribution in [2.75, 3.05) is 13.1 Å². The SMILES string of the molecule is CC(Cc1cnccc1C(=O)NCC(=O)N1CC(F)(F)C[C@H]1C#N)c1ccc(C(F)(F)F)cc1. The standard InChI is InChI=1S/C23H21F5N4O2/c1-14(15-2-4-17(5-3-15)23(26,27)28)8-16-11-30-7-6-19(16)21(34)31-12-20(33)32-13-22(24,25)9-18(32)10-29/h2-7,11,14,18H,8-9,12-13H2,1H3,(H,31,34)/t14?,18-/m0/s1. The number of hydrogen-bond donors (Lipinski definition) is 1. The maximum Gasteiger partial charge on any atom is 0.416 e. The molecule has 1 fully saturated rings. The van der Waals surface area contributed by atoms with Crippen molar-refractivity contribution >= 4 is 11.8 Å². The van der Waals surface area contributed by atoms with Gasteiger partial charge in [-0.25, -0.2) is 8.78 Å². The predicted octanol–water partition coefficient (Wildman–Crippen LogP) is 3.94. The minimum atomic E-state index is -4.44. The highest BCUT2D eigenvalue weighted by Gasteiger charge is 2.47. The second-order valence-corrected chi connectivity index (χ2v) is 8.17. The molecular weight excluding hydrogens is 459 g/mol. The number of nitrogens with one attached hydrogen (secondary N) is 1. The van der Waals surface area contributed by atoms with E-state index in [2.05, 4.69) is 10.3 Å². The molecule has 0 saturated carbocycles. The first-order valence-corrected chi connectivity index (χ1v) is 10.4. The summed E-state index contributed by atoms with van der Waals surface area (Å²) in [6, 6.07) is 6.56. The van der Waals surface area contributed by atoms with E-state index in [0.29, 0.717) is 11.1 Å². The third-order valence-corrected chi connectivity index (χ3v) is 5.62. The highest BCUT2D eigenvalue weighted by Crippen LogP contribution is 2.32. The summed E-state index contributed by atoms with van der Waals surface area (Å²) >= 11 is 0. The van der Waals surface area contributed by atoms with E-state index in [1.165, 1.54) is 30.6 Å². The van der Waals surface area contributed by atoms with Gasteiger partial charge in [0.2, 0.25) is 5.91 Å². The number of alkyl halides is 5. The number of amides is 2. The Morgan fingerprint density at radius 1 is 1.26 bits per heavy atom. The molecule has 2 amide bonds. The number of nitrogens with zero attached hydrogens (tertiary/aromatic N) is 3. The van der Waals surface area contributed by atoms with E-state index in [-0.39, 0.29) is 17.9 Å². The number of likely N-dealkylation sites (tertiary alicyclic amines) is 1. The zero-order valence-corrected chi connectivity index (χ0v) is 18.1. The molecule has 1 N–H and O–H groups in total. The molecule has 1 aliphatic heterocycles. The number of hydrogen-bond acceptors (Lipinski definition) is 4. The van der Waals surface area contributed by atoms with Gasteiger partial charge in [0.05, 0.1) is 24.7 Å². The lowest BCUT2D eigenvalue weighted by molar-refractivity contribution is -0.137. The van der Waals surface area contributed by atoms with Crippen LogP contribution in [0.25, 0.3) is 0 Å². The molecule has 6 nitrogen and oxygen atoms in total. The van der Waals surface area contributed by atoms with Gasteiger partial charge in [-0.2, -0.15) is 18.4 Å². The fourth-order valence-electron chi connectivity index (χ4n) is 3.81. The van der Waals surface area contributed by atoms with Crippen LogP contribution in [0.5, 0.6) is 0 Å². The first-order chi connectivity index (χ1) is 15.9. The number of rotatable bonds is 6. The predicted molar refractivity (Wildman–Crippen MR) is 111 cm³/mol. The quantitative estimate of drug-likeness (QED) is 0.635. The lowest BCUT2D eigenvalue weighted by Crippen LogP contribution is -2.43. The molecule has 1 unspecified atom stereocenters. The number of halogens is 5. The first kappa shape index (κ1) is 25.1. The van der Waals surface area contributed by atoms with Gasteiger partial charge in [0, 0.05) is 24.4 Å². The molecule has 0 aliphatic carbocycles. The second-order valence-electron chi connectivity index (χ2n) is 8.17. The Balaban J connectivity index is 1.66. The van der Waals surface area contributed by atoms with E-state index in [9.17, 15) is 31.5 Å². The van der Waals surface area contributed by atoms with Gasteiger partial charge < -0.3 is 10.2 Å². The number of benzene rings is 1. The summed E-state index contributed by atoms with van der Waals surface area (Å²) in [7, 11) is 0. The van der Waals surface area contributed by atoms with Crippen LogP contribution in [0.3, 0.4) is 0 Å². The van der Waals surface area contributed by atoms with Gasteiger partial charge in [-0.15, -0.1) is 0 Å². The molecule has 1 aromatic heterocycles. The zero-order valence-electron chi connectivity index (χ0n) is 18.1. The Kier molecular flexibility index (Phi) is 7.19. The normalized spacial score (nSPS) is 18.3. The number of nitriles is 1. The van der Waals surface area contributed by atoms with E-state index in [1.807, 2.05) is 0 Å². The van der Waals surface area contributed by atoms with Crippen molar-refractivity contribution in [1.29, 1.82) is 5.26 Å². The molecular formula is C23H21F5N4O2. The summed E-state index contributed by atoms with van der Waals surface area (Å²) in [5.74, 6) is -4.84. The molecule has 3 rings (SSSR count). The van der Waals surface area contributed by atoms with Crippen LogP contribution in [0.4, 0.5) is 22.0 Å². The van der Waals surface area contributed by atoms with Crippen molar-refractivity contribution < 1.29 is 31.5 Å². The van der Waals surface area contributed by atoms with Gasteiger partial charge in [0.1, 0.15) is 6.04 Å². The molecule has 2 aromatic rings. The Bertz CT molecular complexity index is 1100. The lowest BCUT2D eigenvalue weighted by Gasteiger charge is -2.20. The van der Waals surface area contributed by atoms with Crippen LogP contribution in [-0.4, -0.2) is 46.8 Å². The molecule has 0 radical (unpaired) electrons. The van der Waals surface area contributed by atoms with Gasteiger partial charge in [0.25, 0.3) is 11.8 Å². The molecule has 0 spiro atoms. The fourth-order valence-corrected chi connectivity index (χ4v) is 3.81. The van der Waals surface area contributed by atoms with E-state index < -0.39 is 55.0 Å². The number of aromatic nitrogens is 1. The van der Waals surface area contributed by atoms with Crippen LogP contribution in [0.2, 0.25) is 0 Å². The smallest absolute Gasteiger partial charge is 0.343 e. The average molecular weight is 480 g/mol. The Morgan fingerprint density at radius 3 is 2.56 bits per heavy atom. The molecule has 180 valence electrons. The minimum Gasteiger partial charge on any atom is -0.343 e. The Labute approximate surface area is 192 Å². The van der Waals surface area contributed by atoms with Gasteiger partial charge in [-0.3, -0.25) is 14.6 Å². The summed E-state index contributed by atoms with van der Waals surface area (Å²) in [4.78, 5) is 29.7. The van der Waals surface area contributed by atoms with E-state index >= 15 is 0 Å². The molecule has 11 heteroatoms. The van der Waals surface area contributed by atoms with Crippen molar-refractivity contribution in [3.8, 4) is 6.07 Å². The summed E-state index contributed by atoms with van der Waals surface area (Å²) in [6.45, 7) is 0.338. The van der Waals surface area contributed by atoms with Gasteiger partial charge >= 0.3 is 6.18 Å².